The zero-order chi connectivity index (χ0) is 10.9. The lowest BCUT2D eigenvalue weighted by molar-refractivity contribution is -0.305. The maximum Gasteiger partial charge on any atom is 0.366 e. The van der Waals surface area contributed by atoms with E-state index < -0.39 is 5.97 Å². The average Bonchev–Trinajstić information content (AvgIpc) is 2.49. The molecule has 0 amide bonds. The normalized spacial score (nSPS) is 27.7. The van der Waals surface area contributed by atoms with Crippen molar-refractivity contribution in [2.75, 3.05) is 6.61 Å². The molecule has 1 atom stereocenters. The first-order chi connectivity index (χ1) is 7.21. The van der Waals surface area contributed by atoms with Crippen LogP contribution in [-0.2, 0) is 9.47 Å². The highest BCUT2D eigenvalue weighted by atomic mass is 16.8. The molecule has 0 aliphatic carbocycles. The lowest BCUT2D eigenvalue weighted by atomic mass is 10.2. The molecule has 0 aromatic heterocycles. The van der Waals surface area contributed by atoms with Crippen molar-refractivity contribution in [1.82, 2.24) is 5.32 Å². The molecule has 0 fully saturated rings. The zero-order valence-electron chi connectivity index (χ0n) is 8.15. The fourth-order valence-electron chi connectivity index (χ4n) is 1.48. The number of rotatable bonds is 2. The van der Waals surface area contributed by atoms with Gasteiger partial charge in [-0.1, -0.05) is 0 Å². The minimum absolute atomic E-state index is 0.0416. The van der Waals surface area contributed by atoms with Gasteiger partial charge in [-0.25, -0.2) is 0 Å². The number of nitrogens with one attached hydrogen (secondary N) is 1. The van der Waals surface area contributed by atoms with Crippen molar-refractivity contribution in [3.05, 3.63) is 35.4 Å². The SMILES string of the molecule is CCOC1(O)OC2=CC=CNC2=C1C#N. The van der Waals surface area contributed by atoms with Crippen molar-refractivity contribution >= 4 is 0 Å². The van der Waals surface area contributed by atoms with Gasteiger partial charge in [-0.05, 0) is 19.1 Å². The smallest absolute Gasteiger partial charge is 0.366 e. The highest BCUT2D eigenvalue weighted by Gasteiger charge is 2.46. The molecular formula is C10H10N2O3. The van der Waals surface area contributed by atoms with Crippen LogP contribution in [0.4, 0.5) is 0 Å². The highest BCUT2D eigenvalue weighted by molar-refractivity contribution is 5.48. The summed E-state index contributed by atoms with van der Waals surface area (Å²) in [6.07, 6.45) is 5.02. The molecule has 0 radical (unpaired) electrons. The molecule has 0 aromatic carbocycles. The number of ether oxygens (including phenoxy) is 2. The third-order valence-electron chi connectivity index (χ3n) is 2.08. The molecule has 1 unspecified atom stereocenters. The first-order valence-electron chi connectivity index (χ1n) is 4.55. The van der Waals surface area contributed by atoms with Crippen LogP contribution in [0.1, 0.15) is 6.92 Å². The third-order valence-corrected chi connectivity index (χ3v) is 2.08. The second kappa shape index (κ2) is 3.42. The molecule has 78 valence electrons. The maximum absolute atomic E-state index is 9.95. The van der Waals surface area contributed by atoms with Crippen LogP contribution in [0.25, 0.3) is 0 Å². The molecule has 5 heteroatoms. The maximum atomic E-state index is 9.95. The Kier molecular flexibility index (Phi) is 2.23. The van der Waals surface area contributed by atoms with Crippen molar-refractivity contribution in [2.24, 2.45) is 0 Å². The minimum Gasteiger partial charge on any atom is -0.433 e. The van der Waals surface area contributed by atoms with Crippen LogP contribution in [0, 0.1) is 11.3 Å². The van der Waals surface area contributed by atoms with E-state index in [4.69, 9.17) is 14.7 Å². The largest absolute Gasteiger partial charge is 0.433 e. The van der Waals surface area contributed by atoms with E-state index in [1.807, 2.05) is 6.07 Å². The van der Waals surface area contributed by atoms with E-state index in [9.17, 15) is 5.11 Å². The van der Waals surface area contributed by atoms with Crippen LogP contribution in [0.15, 0.2) is 35.4 Å². The number of nitrogens with zero attached hydrogens (tertiary/aromatic N) is 1. The van der Waals surface area contributed by atoms with Gasteiger partial charge in [-0.15, -0.1) is 0 Å². The Morgan fingerprint density at radius 2 is 2.53 bits per heavy atom. The number of allylic oxidation sites excluding steroid dienone is 2. The summed E-state index contributed by atoms with van der Waals surface area (Å²) < 4.78 is 10.2. The van der Waals surface area contributed by atoms with Gasteiger partial charge >= 0.3 is 5.97 Å². The minimum atomic E-state index is -1.95. The van der Waals surface area contributed by atoms with Crippen LogP contribution in [0.2, 0.25) is 0 Å². The van der Waals surface area contributed by atoms with Crippen LogP contribution in [0.3, 0.4) is 0 Å². The molecule has 5 nitrogen and oxygen atoms in total. The summed E-state index contributed by atoms with van der Waals surface area (Å²) in [7, 11) is 0. The first-order valence-corrected chi connectivity index (χ1v) is 4.55. The summed E-state index contributed by atoms with van der Waals surface area (Å²) in [5, 5.41) is 21.7. The van der Waals surface area contributed by atoms with E-state index in [-0.39, 0.29) is 12.2 Å². The summed E-state index contributed by atoms with van der Waals surface area (Å²) in [6.45, 7) is 1.96. The Labute approximate surface area is 86.9 Å². The average molecular weight is 206 g/mol. The lowest BCUT2D eigenvalue weighted by Crippen LogP contribution is -2.33. The van der Waals surface area contributed by atoms with Gasteiger partial charge in [0.25, 0.3) is 0 Å². The number of dihydropyridines is 1. The lowest BCUT2D eigenvalue weighted by Gasteiger charge is -2.21. The Balaban J connectivity index is 2.43. The van der Waals surface area contributed by atoms with Crippen LogP contribution in [0.5, 0.6) is 0 Å². The van der Waals surface area contributed by atoms with Crippen molar-refractivity contribution in [3.8, 4) is 6.07 Å². The van der Waals surface area contributed by atoms with Crippen molar-refractivity contribution in [1.29, 1.82) is 5.26 Å². The molecule has 2 heterocycles. The second-order valence-corrected chi connectivity index (χ2v) is 3.01. The fourth-order valence-corrected chi connectivity index (χ4v) is 1.48. The molecule has 0 saturated carbocycles. The van der Waals surface area contributed by atoms with Gasteiger partial charge in [0, 0.05) is 6.20 Å². The molecular weight excluding hydrogens is 196 g/mol. The highest BCUT2D eigenvalue weighted by Crippen LogP contribution is 2.37. The number of aliphatic hydroxyl groups is 1. The van der Waals surface area contributed by atoms with Crippen LogP contribution >= 0.6 is 0 Å². The quantitative estimate of drug-likeness (QED) is 0.643. The predicted molar refractivity (Wildman–Crippen MR) is 50.7 cm³/mol. The van der Waals surface area contributed by atoms with Crippen molar-refractivity contribution in [2.45, 2.75) is 12.9 Å². The molecule has 0 spiro atoms. The fraction of sp³-hybridized carbons (Fsp3) is 0.300. The van der Waals surface area contributed by atoms with Gasteiger partial charge in [0.1, 0.15) is 11.8 Å². The summed E-state index contributed by atoms with van der Waals surface area (Å²) in [5.41, 5.74) is 0.496. The number of hydrogen-bond acceptors (Lipinski definition) is 5. The number of hydrogen-bond donors (Lipinski definition) is 2. The van der Waals surface area contributed by atoms with Gasteiger partial charge in [-0.2, -0.15) is 5.26 Å². The van der Waals surface area contributed by atoms with Crippen molar-refractivity contribution in [3.63, 3.8) is 0 Å². The van der Waals surface area contributed by atoms with E-state index >= 15 is 0 Å². The first kappa shape index (κ1) is 9.77. The zero-order valence-corrected chi connectivity index (χ0v) is 8.15. The molecule has 2 aliphatic heterocycles. The van der Waals surface area contributed by atoms with E-state index in [2.05, 4.69) is 5.32 Å². The second-order valence-electron chi connectivity index (χ2n) is 3.01. The Bertz CT molecular complexity index is 417. The Hall–Kier alpha value is -1.77. The van der Waals surface area contributed by atoms with Gasteiger partial charge in [0.05, 0.1) is 6.61 Å². The van der Waals surface area contributed by atoms with Gasteiger partial charge < -0.3 is 19.9 Å². The van der Waals surface area contributed by atoms with E-state index in [1.165, 1.54) is 0 Å². The van der Waals surface area contributed by atoms with Gasteiger partial charge in [0.2, 0.25) is 0 Å². The third kappa shape index (κ3) is 1.40. The summed E-state index contributed by atoms with van der Waals surface area (Å²) in [4.78, 5) is 0. The molecule has 2 aliphatic rings. The van der Waals surface area contributed by atoms with Crippen molar-refractivity contribution < 1.29 is 14.6 Å². The predicted octanol–water partition coefficient (Wildman–Crippen LogP) is 0.478. The number of nitriles is 1. The molecule has 0 aromatic rings. The molecule has 15 heavy (non-hydrogen) atoms. The molecule has 0 saturated heterocycles. The van der Waals surface area contributed by atoms with Gasteiger partial charge in [0.15, 0.2) is 11.3 Å². The van der Waals surface area contributed by atoms with E-state index in [0.717, 1.165) is 0 Å². The summed E-state index contributed by atoms with van der Waals surface area (Å²) in [5.74, 6) is -1.55. The van der Waals surface area contributed by atoms with Crippen LogP contribution < -0.4 is 5.32 Å². The van der Waals surface area contributed by atoms with E-state index in [1.54, 1.807) is 25.3 Å². The van der Waals surface area contributed by atoms with E-state index in [0.29, 0.717) is 11.5 Å². The molecule has 2 rings (SSSR count). The van der Waals surface area contributed by atoms with Gasteiger partial charge in [-0.3, -0.25) is 0 Å². The van der Waals surface area contributed by atoms with Crippen LogP contribution in [-0.4, -0.2) is 17.7 Å². The Morgan fingerprint density at radius 3 is 3.20 bits per heavy atom. The number of fused-ring (bicyclic) bond motifs is 1. The molecule has 2 N–H and O–H groups in total. The monoisotopic (exact) mass is 206 g/mol. The summed E-state index contributed by atoms with van der Waals surface area (Å²) in [6, 6.07) is 1.88. The summed E-state index contributed by atoms with van der Waals surface area (Å²) >= 11 is 0. The standard InChI is InChI=1S/C10H10N2O3/c1-2-14-10(13)7(6-11)9-8(15-10)4-3-5-12-9/h3-5,12-13H,2H2,1H3. The topological polar surface area (TPSA) is 74.5 Å². The Morgan fingerprint density at radius 1 is 1.73 bits per heavy atom. The molecule has 0 bridgehead atoms.